The molecule has 0 amide bonds. The van der Waals surface area contributed by atoms with Gasteiger partial charge >= 0.3 is 0 Å². The van der Waals surface area contributed by atoms with Crippen molar-refractivity contribution in [3.63, 3.8) is 0 Å². The molecule has 0 aliphatic heterocycles. The third kappa shape index (κ3) is 2.81. The maximum Gasteiger partial charge on any atom is 0.170 e. The lowest BCUT2D eigenvalue weighted by Crippen LogP contribution is -2.02. The highest BCUT2D eigenvalue weighted by molar-refractivity contribution is 5.97. The van der Waals surface area contributed by atoms with Gasteiger partial charge in [0.15, 0.2) is 5.78 Å². The van der Waals surface area contributed by atoms with E-state index in [1.165, 1.54) is 5.56 Å². The van der Waals surface area contributed by atoms with Crippen LogP contribution < -0.4 is 0 Å². The normalized spacial score (nSPS) is 10.5. The highest BCUT2D eigenvalue weighted by Gasteiger charge is 2.09. The summed E-state index contributed by atoms with van der Waals surface area (Å²) < 4.78 is 1.77. The Morgan fingerprint density at radius 3 is 2.59 bits per heavy atom. The molecular formula is C14H16N2O. The molecule has 2 aromatic rings. The number of hydrogen-bond donors (Lipinski definition) is 0. The van der Waals surface area contributed by atoms with Crippen LogP contribution in [0.25, 0.3) is 0 Å². The fraction of sp³-hybridized carbons (Fsp3) is 0.286. The van der Waals surface area contributed by atoms with Gasteiger partial charge in [0.05, 0.1) is 11.8 Å². The number of ketones is 1. The van der Waals surface area contributed by atoms with Crippen molar-refractivity contribution in [3.8, 4) is 0 Å². The largest absolute Gasteiger partial charge is 0.294 e. The average Bonchev–Trinajstić information content (AvgIpc) is 2.81. The molecule has 1 heterocycles. The van der Waals surface area contributed by atoms with Gasteiger partial charge in [-0.2, -0.15) is 5.10 Å². The monoisotopic (exact) mass is 228 g/mol. The molecule has 0 saturated carbocycles. The maximum absolute atomic E-state index is 12.0. The molecule has 2 rings (SSSR count). The van der Waals surface area contributed by atoms with Gasteiger partial charge in [-0.25, -0.2) is 0 Å². The van der Waals surface area contributed by atoms with Crippen LogP contribution in [0.2, 0.25) is 0 Å². The summed E-state index contributed by atoms with van der Waals surface area (Å²) in [5.41, 5.74) is 2.94. The van der Waals surface area contributed by atoms with Crippen LogP contribution in [-0.4, -0.2) is 15.6 Å². The standard InChI is InChI=1S/C14H16N2O/c1-3-16-10-13(9-15-16)14(17)8-12-6-4-11(2)5-7-12/h4-7,9-10H,3,8H2,1-2H3. The van der Waals surface area contributed by atoms with Gasteiger partial charge in [0.25, 0.3) is 0 Å². The summed E-state index contributed by atoms with van der Waals surface area (Å²) in [4.78, 5) is 12.0. The summed E-state index contributed by atoms with van der Waals surface area (Å²) in [6, 6.07) is 8.05. The van der Waals surface area contributed by atoms with Gasteiger partial charge in [0.2, 0.25) is 0 Å². The van der Waals surface area contributed by atoms with E-state index in [1.807, 2.05) is 38.1 Å². The maximum atomic E-state index is 12.0. The predicted octanol–water partition coefficient (Wildman–Crippen LogP) is 2.64. The third-order valence-electron chi connectivity index (χ3n) is 2.76. The molecule has 0 atom stereocenters. The molecule has 3 nitrogen and oxygen atoms in total. The van der Waals surface area contributed by atoms with Crippen molar-refractivity contribution in [2.24, 2.45) is 0 Å². The van der Waals surface area contributed by atoms with Gasteiger partial charge in [-0.1, -0.05) is 29.8 Å². The Balaban J connectivity index is 2.08. The second-order valence-corrected chi connectivity index (χ2v) is 4.17. The molecule has 1 aromatic heterocycles. The van der Waals surface area contributed by atoms with E-state index in [-0.39, 0.29) is 5.78 Å². The topological polar surface area (TPSA) is 34.9 Å². The Bertz CT molecular complexity index is 511. The van der Waals surface area contributed by atoms with E-state index in [0.29, 0.717) is 12.0 Å². The first-order chi connectivity index (χ1) is 8.19. The van der Waals surface area contributed by atoms with E-state index in [0.717, 1.165) is 12.1 Å². The van der Waals surface area contributed by atoms with E-state index in [9.17, 15) is 4.79 Å². The van der Waals surface area contributed by atoms with Crippen molar-refractivity contribution in [1.29, 1.82) is 0 Å². The van der Waals surface area contributed by atoms with E-state index in [2.05, 4.69) is 5.10 Å². The summed E-state index contributed by atoms with van der Waals surface area (Å²) in [6.07, 6.45) is 3.88. The number of rotatable bonds is 4. The molecule has 0 saturated heterocycles. The van der Waals surface area contributed by atoms with Crippen LogP contribution in [-0.2, 0) is 13.0 Å². The second kappa shape index (κ2) is 4.95. The van der Waals surface area contributed by atoms with Crippen molar-refractivity contribution in [1.82, 2.24) is 9.78 Å². The summed E-state index contributed by atoms with van der Waals surface area (Å²) >= 11 is 0. The number of Topliss-reactive ketones (excluding diaryl/α,β-unsaturated/α-hetero) is 1. The first-order valence-corrected chi connectivity index (χ1v) is 5.80. The second-order valence-electron chi connectivity index (χ2n) is 4.17. The molecule has 3 heteroatoms. The average molecular weight is 228 g/mol. The minimum Gasteiger partial charge on any atom is -0.294 e. The fourth-order valence-electron chi connectivity index (χ4n) is 1.67. The van der Waals surface area contributed by atoms with Crippen LogP contribution in [0.3, 0.4) is 0 Å². The van der Waals surface area contributed by atoms with Gasteiger partial charge < -0.3 is 0 Å². The molecule has 88 valence electrons. The Morgan fingerprint density at radius 2 is 2.00 bits per heavy atom. The lowest BCUT2D eigenvalue weighted by molar-refractivity contribution is 0.0993. The molecular weight excluding hydrogens is 212 g/mol. The lowest BCUT2D eigenvalue weighted by Gasteiger charge is -1.99. The van der Waals surface area contributed by atoms with Crippen molar-refractivity contribution in [2.45, 2.75) is 26.8 Å². The molecule has 0 unspecified atom stereocenters. The zero-order chi connectivity index (χ0) is 12.3. The van der Waals surface area contributed by atoms with Crippen molar-refractivity contribution < 1.29 is 4.79 Å². The quantitative estimate of drug-likeness (QED) is 0.754. The Hall–Kier alpha value is -1.90. The molecule has 0 bridgehead atoms. The summed E-state index contributed by atoms with van der Waals surface area (Å²) in [5, 5.41) is 4.11. The smallest absolute Gasteiger partial charge is 0.170 e. The minimum absolute atomic E-state index is 0.119. The Morgan fingerprint density at radius 1 is 1.29 bits per heavy atom. The van der Waals surface area contributed by atoms with Crippen LogP contribution in [0.5, 0.6) is 0 Å². The van der Waals surface area contributed by atoms with Gasteiger partial charge in [-0.05, 0) is 19.4 Å². The summed E-state index contributed by atoms with van der Waals surface area (Å²) in [7, 11) is 0. The lowest BCUT2D eigenvalue weighted by atomic mass is 10.0. The van der Waals surface area contributed by atoms with Crippen LogP contribution in [0.4, 0.5) is 0 Å². The zero-order valence-electron chi connectivity index (χ0n) is 10.2. The van der Waals surface area contributed by atoms with Crippen LogP contribution in [0.15, 0.2) is 36.7 Å². The van der Waals surface area contributed by atoms with Gasteiger partial charge in [0.1, 0.15) is 0 Å². The number of hydrogen-bond acceptors (Lipinski definition) is 2. The van der Waals surface area contributed by atoms with Crippen molar-refractivity contribution >= 4 is 5.78 Å². The van der Waals surface area contributed by atoms with Gasteiger partial charge in [-0.3, -0.25) is 9.48 Å². The molecule has 0 aliphatic carbocycles. The highest BCUT2D eigenvalue weighted by atomic mass is 16.1. The van der Waals surface area contributed by atoms with Gasteiger partial charge in [0, 0.05) is 19.2 Å². The zero-order valence-corrected chi connectivity index (χ0v) is 10.2. The third-order valence-corrected chi connectivity index (χ3v) is 2.76. The van der Waals surface area contributed by atoms with Gasteiger partial charge in [-0.15, -0.1) is 0 Å². The molecule has 0 spiro atoms. The summed E-state index contributed by atoms with van der Waals surface area (Å²) in [6.45, 7) is 4.83. The highest BCUT2D eigenvalue weighted by Crippen LogP contribution is 2.08. The molecule has 0 aliphatic rings. The van der Waals surface area contributed by atoms with Crippen LogP contribution in [0, 0.1) is 6.92 Å². The number of carbonyl (C=O) groups excluding carboxylic acids is 1. The molecule has 0 fully saturated rings. The number of aryl methyl sites for hydroxylation is 2. The first-order valence-electron chi connectivity index (χ1n) is 5.80. The van der Waals surface area contributed by atoms with Crippen molar-refractivity contribution in [3.05, 3.63) is 53.3 Å². The van der Waals surface area contributed by atoms with E-state index in [1.54, 1.807) is 17.1 Å². The molecule has 0 radical (unpaired) electrons. The van der Waals surface area contributed by atoms with Crippen LogP contribution in [0.1, 0.15) is 28.4 Å². The van der Waals surface area contributed by atoms with E-state index < -0.39 is 0 Å². The fourth-order valence-corrected chi connectivity index (χ4v) is 1.67. The Kier molecular flexibility index (Phi) is 3.38. The SMILES string of the molecule is CCn1cc(C(=O)Cc2ccc(C)cc2)cn1. The van der Waals surface area contributed by atoms with E-state index >= 15 is 0 Å². The molecule has 0 N–H and O–H groups in total. The molecule has 1 aromatic carbocycles. The van der Waals surface area contributed by atoms with Crippen molar-refractivity contribution in [2.75, 3.05) is 0 Å². The first kappa shape index (κ1) is 11.6. The van der Waals surface area contributed by atoms with E-state index in [4.69, 9.17) is 0 Å². The Labute approximate surface area is 101 Å². The number of nitrogens with zero attached hydrogens (tertiary/aromatic N) is 2. The summed E-state index contributed by atoms with van der Waals surface area (Å²) in [5.74, 6) is 0.119. The molecule has 17 heavy (non-hydrogen) atoms. The number of carbonyl (C=O) groups is 1. The number of benzene rings is 1. The van der Waals surface area contributed by atoms with Crippen LogP contribution >= 0.6 is 0 Å². The predicted molar refractivity (Wildman–Crippen MR) is 67.1 cm³/mol. The minimum atomic E-state index is 0.119. The number of aromatic nitrogens is 2.